The second-order valence-electron chi connectivity index (χ2n) is 6.70. The molecule has 150 valence electrons. The number of nitrogens with zero attached hydrogens (tertiary/aromatic N) is 4. The van der Waals surface area contributed by atoms with Crippen molar-refractivity contribution in [2.75, 3.05) is 7.11 Å². The van der Waals surface area contributed by atoms with Gasteiger partial charge in [-0.2, -0.15) is 4.68 Å². The van der Waals surface area contributed by atoms with Gasteiger partial charge in [0.05, 0.1) is 13.7 Å². The number of aldehydes is 1. The predicted octanol–water partition coefficient (Wildman–Crippen LogP) is 2.63. The molecule has 2 heterocycles. The summed E-state index contributed by atoms with van der Waals surface area (Å²) in [5, 5.41) is 10.6. The molecule has 0 amide bonds. The Bertz CT molecular complexity index is 1190. The molecule has 0 bridgehead atoms. The first-order chi connectivity index (χ1) is 13.9. The van der Waals surface area contributed by atoms with Crippen LogP contribution in [0.2, 0.25) is 0 Å². The minimum Gasteiger partial charge on any atom is -0.497 e. The fourth-order valence-corrected chi connectivity index (χ4v) is 3.07. The van der Waals surface area contributed by atoms with Crippen molar-refractivity contribution < 1.29 is 9.53 Å². The Hall–Kier alpha value is -3.68. The molecule has 8 nitrogen and oxygen atoms in total. The van der Waals surface area contributed by atoms with Crippen molar-refractivity contribution in [2.24, 2.45) is 7.05 Å². The molecular formula is C21H23N5O3. The van der Waals surface area contributed by atoms with Crippen LogP contribution >= 0.6 is 0 Å². The summed E-state index contributed by atoms with van der Waals surface area (Å²) in [6.07, 6.45) is 0.847. The van der Waals surface area contributed by atoms with Gasteiger partial charge in [0.15, 0.2) is 0 Å². The number of nitrogens with one attached hydrogen (secondary N) is 1. The summed E-state index contributed by atoms with van der Waals surface area (Å²) in [7, 11) is 3.64. The Balaban J connectivity index is 0.000000224. The lowest BCUT2D eigenvalue weighted by molar-refractivity contribution is 0.112. The number of ether oxygens (including phenoxy) is 1. The van der Waals surface area contributed by atoms with Crippen LogP contribution in [0.15, 0.2) is 47.3 Å². The van der Waals surface area contributed by atoms with E-state index >= 15 is 0 Å². The molecule has 4 rings (SSSR count). The van der Waals surface area contributed by atoms with E-state index in [9.17, 15) is 9.59 Å². The molecule has 29 heavy (non-hydrogen) atoms. The number of hydrogen-bond acceptors (Lipinski definition) is 5. The molecule has 2 aromatic carbocycles. The summed E-state index contributed by atoms with van der Waals surface area (Å²) in [6, 6.07) is 13.4. The molecule has 0 atom stereocenters. The lowest BCUT2D eigenvalue weighted by Crippen LogP contribution is -2.19. The van der Waals surface area contributed by atoms with Crippen molar-refractivity contribution >= 4 is 17.2 Å². The van der Waals surface area contributed by atoms with Gasteiger partial charge in [-0.05, 0) is 42.5 Å². The minimum atomic E-state index is -0.315. The number of methoxy groups -OCH3 is 1. The van der Waals surface area contributed by atoms with Crippen molar-refractivity contribution in [3.8, 4) is 5.75 Å². The molecule has 0 spiro atoms. The molecule has 8 heteroatoms. The van der Waals surface area contributed by atoms with Crippen LogP contribution in [-0.4, -0.2) is 38.2 Å². The number of hydrogen-bond donors (Lipinski definition) is 1. The third kappa shape index (κ3) is 4.26. The molecule has 4 aromatic rings. The lowest BCUT2D eigenvalue weighted by Gasteiger charge is -2.02. The molecule has 0 fully saturated rings. The molecular weight excluding hydrogens is 370 g/mol. The maximum absolute atomic E-state index is 11.6. The van der Waals surface area contributed by atoms with Gasteiger partial charge in [0.2, 0.25) is 0 Å². The fraction of sp³-hybridized carbons (Fsp3) is 0.238. The van der Waals surface area contributed by atoms with Crippen molar-refractivity contribution in [3.63, 3.8) is 0 Å². The van der Waals surface area contributed by atoms with Crippen LogP contribution < -0.4 is 10.4 Å². The monoisotopic (exact) mass is 393 g/mol. The molecule has 0 radical (unpaired) electrons. The van der Waals surface area contributed by atoms with E-state index in [0.29, 0.717) is 6.54 Å². The largest absolute Gasteiger partial charge is 0.497 e. The quantitative estimate of drug-likeness (QED) is 0.538. The van der Waals surface area contributed by atoms with E-state index in [2.05, 4.69) is 20.1 Å². The topological polar surface area (TPSA) is 94.8 Å². The third-order valence-electron chi connectivity index (χ3n) is 4.88. The Morgan fingerprint density at radius 2 is 1.86 bits per heavy atom. The first kappa shape index (κ1) is 20.1. The summed E-state index contributed by atoms with van der Waals surface area (Å²) in [5.74, 6) is 0.789. The number of rotatable bonds is 4. The standard InChI is InChI=1S/C13H15N5O2.C8H8O/c1-8-11(7-18-13(19)14-15-16-18)10-6-9(20-3)4-5-12(10)17(8)2;1-7-2-4-8(6-9)5-3-7/h4-6H,7H2,1-3H3,(H,14,16,19);2-6H,1H3. The minimum absolute atomic E-state index is 0.315. The van der Waals surface area contributed by atoms with Crippen LogP contribution in [-0.2, 0) is 13.6 Å². The average Bonchev–Trinajstić information content (AvgIpc) is 3.25. The molecule has 0 saturated carbocycles. The predicted molar refractivity (Wildman–Crippen MR) is 111 cm³/mol. The third-order valence-corrected chi connectivity index (χ3v) is 4.88. The van der Waals surface area contributed by atoms with Gasteiger partial charge < -0.3 is 9.30 Å². The van der Waals surface area contributed by atoms with Crippen LogP contribution in [0.5, 0.6) is 5.75 Å². The highest BCUT2D eigenvalue weighted by Gasteiger charge is 2.14. The van der Waals surface area contributed by atoms with Crippen LogP contribution in [0.1, 0.15) is 27.2 Å². The van der Waals surface area contributed by atoms with Crippen LogP contribution in [0.3, 0.4) is 0 Å². The molecule has 0 unspecified atom stereocenters. The fourth-order valence-electron chi connectivity index (χ4n) is 3.07. The smallest absolute Gasteiger partial charge is 0.361 e. The Kier molecular flexibility index (Phi) is 5.92. The van der Waals surface area contributed by atoms with E-state index < -0.39 is 0 Å². The van der Waals surface area contributed by atoms with Crippen LogP contribution in [0.4, 0.5) is 0 Å². The first-order valence-electron chi connectivity index (χ1n) is 9.06. The van der Waals surface area contributed by atoms with E-state index in [1.54, 1.807) is 7.11 Å². The highest BCUT2D eigenvalue weighted by atomic mass is 16.5. The number of tetrazole rings is 1. The number of H-pyrrole nitrogens is 1. The zero-order valence-corrected chi connectivity index (χ0v) is 16.8. The first-order valence-corrected chi connectivity index (χ1v) is 9.06. The second kappa shape index (κ2) is 8.55. The number of benzene rings is 2. The van der Waals surface area contributed by atoms with Crippen LogP contribution in [0, 0.1) is 13.8 Å². The SMILES string of the molecule is COc1ccc2c(c1)c(Cn1nn[nH]c1=O)c(C)n2C.Cc1ccc(C=O)cc1. The van der Waals surface area contributed by atoms with E-state index in [1.165, 1.54) is 10.2 Å². The summed E-state index contributed by atoms with van der Waals surface area (Å²) >= 11 is 0. The van der Waals surface area contributed by atoms with E-state index in [-0.39, 0.29) is 5.69 Å². The number of aryl methyl sites for hydroxylation is 2. The number of aromatic amines is 1. The molecule has 0 saturated heterocycles. The molecule has 1 N–H and O–H groups in total. The maximum atomic E-state index is 11.6. The van der Waals surface area contributed by atoms with Crippen molar-refractivity contribution in [1.29, 1.82) is 0 Å². The van der Waals surface area contributed by atoms with Gasteiger partial charge in [-0.3, -0.25) is 4.79 Å². The van der Waals surface area contributed by atoms with Gasteiger partial charge in [0.1, 0.15) is 12.0 Å². The molecule has 0 aliphatic carbocycles. The van der Waals surface area contributed by atoms with E-state index in [0.717, 1.165) is 39.8 Å². The molecule has 0 aliphatic rings. The van der Waals surface area contributed by atoms with E-state index in [4.69, 9.17) is 4.74 Å². The Labute approximate surface area is 167 Å². The number of carbonyl (C=O) groups is 1. The van der Waals surface area contributed by atoms with Crippen molar-refractivity contribution in [3.05, 3.63) is 75.3 Å². The van der Waals surface area contributed by atoms with Crippen LogP contribution in [0.25, 0.3) is 10.9 Å². The van der Waals surface area contributed by atoms with Crippen molar-refractivity contribution in [1.82, 2.24) is 24.8 Å². The zero-order chi connectivity index (χ0) is 21.0. The van der Waals surface area contributed by atoms with E-state index in [1.807, 2.05) is 63.4 Å². The van der Waals surface area contributed by atoms with Gasteiger partial charge in [0.25, 0.3) is 0 Å². The highest BCUT2D eigenvalue weighted by molar-refractivity contribution is 5.86. The van der Waals surface area contributed by atoms with Crippen molar-refractivity contribution in [2.45, 2.75) is 20.4 Å². The zero-order valence-electron chi connectivity index (χ0n) is 16.8. The normalized spacial score (nSPS) is 10.5. The number of fused-ring (bicyclic) bond motifs is 1. The Morgan fingerprint density at radius 3 is 2.45 bits per heavy atom. The lowest BCUT2D eigenvalue weighted by atomic mass is 10.1. The maximum Gasteiger partial charge on any atom is 0.361 e. The summed E-state index contributed by atoms with van der Waals surface area (Å²) in [6.45, 7) is 4.40. The molecule has 2 aromatic heterocycles. The summed E-state index contributed by atoms with van der Waals surface area (Å²) < 4.78 is 8.67. The number of carbonyl (C=O) groups excluding carboxylic acids is 1. The van der Waals surface area contributed by atoms with Gasteiger partial charge in [0, 0.05) is 34.8 Å². The number of aromatic nitrogens is 5. The second-order valence-corrected chi connectivity index (χ2v) is 6.70. The van der Waals surface area contributed by atoms with Gasteiger partial charge in [-0.1, -0.05) is 29.8 Å². The summed E-state index contributed by atoms with van der Waals surface area (Å²) in [5.41, 5.74) is 4.82. The van der Waals surface area contributed by atoms with Gasteiger partial charge in [-0.25, -0.2) is 9.89 Å². The summed E-state index contributed by atoms with van der Waals surface area (Å²) in [4.78, 5) is 21.7. The average molecular weight is 393 g/mol. The Morgan fingerprint density at radius 1 is 1.14 bits per heavy atom. The van der Waals surface area contributed by atoms with Gasteiger partial charge in [-0.15, -0.1) is 0 Å². The van der Waals surface area contributed by atoms with Gasteiger partial charge >= 0.3 is 5.69 Å². The highest BCUT2D eigenvalue weighted by Crippen LogP contribution is 2.28. The molecule has 0 aliphatic heterocycles.